The molecular formula is C16H18ClN3O3. The average Bonchev–Trinajstić information content (AvgIpc) is 3.11. The van der Waals surface area contributed by atoms with Gasteiger partial charge in [-0.2, -0.15) is 0 Å². The van der Waals surface area contributed by atoms with Crippen LogP contribution in [0.4, 0.5) is 0 Å². The van der Waals surface area contributed by atoms with Gasteiger partial charge in [0.15, 0.2) is 12.0 Å². The molecule has 0 bridgehead atoms. The molecule has 122 valence electrons. The van der Waals surface area contributed by atoms with Gasteiger partial charge in [0.2, 0.25) is 0 Å². The van der Waals surface area contributed by atoms with Gasteiger partial charge in [-0.1, -0.05) is 17.5 Å². The number of nitrogens with zero attached hydrogens (tertiary/aromatic N) is 3. The molecule has 0 amide bonds. The molecule has 0 radical (unpaired) electrons. The number of hydrogen-bond donors (Lipinski definition) is 0. The highest BCUT2D eigenvalue weighted by molar-refractivity contribution is 6.33. The van der Waals surface area contributed by atoms with E-state index in [0.717, 1.165) is 5.39 Å². The van der Waals surface area contributed by atoms with Crippen molar-refractivity contribution in [3.05, 3.63) is 23.7 Å². The molecule has 1 fully saturated rings. The molecule has 1 saturated heterocycles. The first-order valence-electron chi connectivity index (χ1n) is 7.27. The van der Waals surface area contributed by atoms with E-state index in [2.05, 4.69) is 15.9 Å². The molecule has 0 aromatic carbocycles. The van der Waals surface area contributed by atoms with Crippen LogP contribution in [0.2, 0.25) is 5.15 Å². The van der Waals surface area contributed by atoms with Gasteiger partial charge in [0.1, 0.15) is 29.3 Å². The molecule has 3 atom stereocenters. The van der Waals surface area contributed by atoms with Crippen LogP contribution in [0, 0.1) is 12.3 Å². The molecule has 0 spiro atoms. The van der Waals surface area contributed by atoms with E-state index in [1.54, 1.807) is 7.11 Å². The molecule has 3 heterocycles. The third-order valence-corrected chi connectivity index (χ3v) is 4.22. The molecule has 7 heteroatoms. The van der Waals surface area contributed by atoms with Crippen LogP contribution in [0.3, 0.4) is 0 Å². The zero-order chi connectivity index (χ0) is 16.6. The summed E-state index contributed by atoms with van der Waals surface area (Å²) in [5, 5.41) is 1.15. The molecule has 23 heavy (non-hydrogen) atoms. The topological polar surface area (TPSA) is 58.4 Å². The second-order valence-electron chi connectivity index (χ2n) is 5.80. The summed E-state index contributed by atoms with van der Waals surface area (Å²) < 4.78 is 19.2. The van der Waals surface area contributed by atoms with Gasteiger partial charge in [-0.15, -0.1) is 6.42 Å². The highest BCUT2D eigenvalue weighted by Crippen LogP contribution is 2.36. The maximum Gasteiger partial charge on any atom is 0.163 e. The monoisotopic (exact) mass is 335 g/mol. The van der Waals surface area contributed by atoms with E-state index in [1.807, 2.05) is 30.7 Å². The van der Waals surface area contributed by atoms with E-state index in [1.165, 1.54) is 6.33 Å². The second-order valence-corrected chi connectivity index (χ2v) is 6.16. The molecular weight excluding hydrogens is 318 g/mol. The Morgan fingerprint density at radius 3 is 2.96 bits per heavy atom. The number of aromatic nitrogens is 3. The van der Waals surface area contributed by atoms with Crippen molar-refractivity contribution in [3.63, 3.8) is 0 Å². The van der Waals surface area contributed by atoms with Crippen molar-refractivity contribution < 1.29 is 14.2 Å². The number of halogens is 1. The zero-order valence-electron chi connectivity index (χ0n) is 13.2. The molecule has 0 saturated carbocycles. The van der Waals surface area contributed by atoms with Crippen LogP contribution in [0.1, 0.15) is 26.5 Å². The normalized spacial score (nSPS) is 24.9. The number of ether oxygens (including phenoxy) is 3. The number of terminal acetylenes is 1. The highest BCUT2D eigenvalue weighted by atomic mass is 35.5. The standard InChI is InChI=1S/C16H18ClN3O3/c1-5-10-8-12(23-16(2,3)21-4)15(22-10)20-7-6-11-13(17)18-9-19-14(11)20/h1,6-7,9-10,12,15H,8H2,2-4H3/t10-,12-,15-/m1/s1. The molecule has 0 N–H and O–H groups in total. The average molecular weight is 336 g/mol. The van der Waals surface area contributed by atoms with Gasteiger partial charge < -0.3 is 18.8 Å². The largest absolute Gasteiger partial charge is 0.354 e. The lowest BCUT2D eigenvalue weighted by molar-refractivity contribution is -0.237. The van der Waals surface area contributed by atoms with Gasteiger partial charge in [-0.25, -0.2) is 9.97 Å². The Balaban J connectivity index is 1.97. The van der Waals surface area contributed by atoms with E-state index in [4.69, 9.17) is 32.2 Å². The van der Waals surface area contributed by atoms with Crippen molar-refractivity contribution in [1.82, 2.24) is 14.5 Å². The van der Waals surface area contributed by atoms with Crippen LogP contribution in [0.25, 0.3) is 11.0 Å². The van der Waals surface area contributed by atoms with Crippen LogP contribution in [0.15, 0.2) is 18.6 Å². The van der Waals surface area contributed by atoms with Crippen molar-refractivity contribution in [3.8, 4) is 12.3 Å². The quantitative estimate of drug-likeness (QED) is 0.488. The summed E-state index contributed by atoms with van der Waals surface area (Å²) in [6.07, 6.45) is 8.37. The van der Waals surface area contributed by atoms with Gasteiger partial charge >= 0.3 is 0 Å². The SMILES string of the molecule is C#C[C@@H]1C[C@@H](OC(C)(C)OC)[C@H](n2ccc3c(Cl)ncnc32)O1. The van der Waals surface area contributed by atoms with Crippen LogP contribution >= 0.6 is 11.6 Å². The van der Waals surface area contributed by atoms with Crippen molar-refractivity contribution in [2.45, 2.75) is 44.5 Å². The van der Waals surface area contributed by atoms with Crippen molar-refractivity contribution >= 4 is 22.6 Å². The van der Waals surface area contributed by atoms with E-state index in [-0.39, 0.29) is 12.2 Å². The minimum atomic E-state index is -0.745. The first kappa shape index (κ1) is 16.2. The fraction of sp³-hybridized carbons (Fsp3) is 0.500. The maximum atomic E-state index is 6.11. The van der Waals surface area contributed by atoms with E-state index in [9.17, 15) is 0 Å². The predicted molar refractivity (Wildman–Crippen MR) is 85.9 cm³/mol. The van der Waals surface area contributed by atoms with Gasteiger partial charge in [-0.3, -0.25) is 0 Å². The van der Waals surface area contributed by atoms with E-state index >= 15 is 0 Å². The maximum absolute atomic E-state index is 6.11. The molecule has 2 aromatic heterocycles. The fourth-order valence-corrected chi connectivity index (χ4v) is 2.85. The summed E-state index contributed by atoms with van der Waals surface area (Å²) in [4.78, 5) is 8.28. The summed E-state index contributed by atoms with van der Waals surface area (Å²) >= 11 is 6.11. The third kappa shape index (κ3) is 3.06. The van der Waals surface area contributed by atoms with Gasteiger partial charge in [0.25, 0.3) is 0 Å². The van der Waals surface area contributed by atoms with Gasteiger partial charge in [0.05, 0.1) is 5.39 Å². The molecule has 1 aliphatic rings. The molecule has 0 aliphatic carbocycles. The van der Waals surface area contributed by atoms with Crippen LogP contribution in [-0.4, -0.2) is 39.6 Å². The Bertz CT molecular complexity index is 753. The molecule has 1 aliphatic heterocycles. The van der Waals surface area contributed by atoms with Crippen LogP contribution < -0.4 is 0 Å². The third-order valence-electron chi connectivity index (χ3n) is 3.92. The number of rotatable bonds is 4. The van der Waals surface area contributed by atoms with Crippen molar-refractivity contribution in [1.29, 1.82) is 0 Å². The Labute approximate surface area is 139 Å². The number of fused-ring (bicyclic) bond motifs is 1. The summed E-state index contributed by atoms with van der Waals surface area (Å²) in [6, 6.07) is 1.85. The lowest BCUT2D eigenvalue weighted by Crippen LogP contribution is -2.35. The van der Waals surface area contributed by atoms with Gasteiger partial charge in [0, 0.05) is 19.7 Å². The summed E-state index contributed by atoms with van der Waals surface area (Å²) in [5.41, 5.74) is 0.677. The molecule has 6 nitrogen and oxygen atoms in total. The highest BCUT2D eigenvalue weighted by Gasteiger charge is 2.40. The van der Waals surface area contributed by atoms with Crippen LogP contribution in [-0.2, 0) is 14.2 Å². The fourth-order valence-electron chi connectivity index (χ4n) is 2.66. The second kappa shape index (κ2) is 6.10. The van der Waals surface area contributed by atoms with Crippen LogP contribution in [0.5, 0.6) is 0 Å². The lowest BCUT2D eigenvalue weighted by atomic mass is 10.2. The summed E-state index contributed by atoms with van der Waals surface area (Å²) in [7, 11) is 1.60. The van der Waals surface area contributed by atoms with E-state index < -0.39 is 12.0 Å². The Hall–Kier alpha value is -1.65. The Morgan fingerprint density at radius 1 is 1.48 bits per heavy atom. The zero-order valence-corrected chi connectivity index (χ0v) is 13.9. The molecule has 3 rings (SSSR count). The lowest BCUT2D eigenvalue weighted by Gasteiger charge is -2.30. The number of methoxy groups -OCH3 is 1. The first-order chi connectivity index (χ1) is 10.9. The van der Waals surface area contributed by atoms with E-state index in [0.29, 0.717) is 17.2 Å². The number of hydrogen-bond acceptors (Lipinski definition) is 5. The molecule has 2 aromatic rings. The first-order valence-corrected chi connectivity index (χ1v) is 7.64. The minimum absolute atomic E-state index is 0.268. The van der Waals surface area contributed by atoms with Gasteiger partial charge in [-0.05, 0) is 19.9 Å². The van der Waals surface area contributed by atoms with Crippen molar-refractivity contribution in [2.24, 2.45) is 0 Å². The predicted octanol–water partition coefficient (Wildman–Crippen LogP) is 2.77. The minimum Gasteiger partial charge on any atom is -0.354 e. The molecule has 0 unspecified atom stereocenters. The Morgan fingerprint density at radius 2 is 2.26 bits per heavy atom. The summed E-state index contributed by atoms with van der Waals surface area (Å²) in [6.45, 7) is 3.69. The van der Waals surface area contributed by atoms with Crippen molar-refractivity contribution in [2.75, 3.05) is 7.11 Å². The smallest absolute Gasteiger partial charge is 0.163 e. The Kier molecular flexibility index (Phi) is 4.30. The summed E-state index contributed by atoms with van der Waals surface area (Å²) in [5.74, 6) is 1.89.